The minimum absolute atomic E-state index is 0.0819. The Bertz CT molecular complexity index is 462. The minimum atomic E-state index is -0.0819. The quantitative estimate of drug-likeness (QED) is 0.818. The molecule has 21 heavy (non-hydrogen) atoms. The standard InChI is InChI=1S/C17H26N2O2/c1-13-6-5-8-15(12-13)21-11-10-18-17(20)19-16-9-4-3-7-14(16)2/h5-6,8,12,14,16H,3-4,7,9-11H2,1-2H3,(H2,18,19,20)/t14-,16-/m0/s1. The fraction of sp³-hybridized carbons (Fsp3) is 0.588. The minimum Gasteiger partial charge on any atom is -0.492 e. The summed E-state index contributed by atoms with van der Waals surface area (Å²) in [6, 6.07) is 8.15. The Morgan fingerprint density at radius 2 is 2.14 bits per heavy atom. The van der Waals surface area contributed by atoms with E-state index < -0.39 is 0 Å². The Morgan fingerprint density at radius 1 is 1.33 bits per heavy atom. The maximum Gasteiger partial charge on any atom is 0.315 e. The van der Waals surface area contributed by atoms with E-state index in [-0.39, 0.29) is 6.03 Å². The second-order valence-corrected chi connectivity index (χ2v) is 5.93. The molecule has 0 bridgehead atoms. The molecule has 0 aromatic heterocycles. The average Bonchev–Trinajstić information content (AvgIpc) is 2.46. The number of hydrogen-bond donors (Lipinski definition) is 2. The van der Waals surface area contributed by atoms with Gasteiger partial charge in [0.1, 0.15) is 12.4 Å². The number of hydrogen-bond acceptors (Lipinski definition) is 2. The highest BCUT2D eigenvalue weighted by molar-refractivity contribution is 5.74. The zero-order chi connectivity index (χ0) is 15.1. The van der Waals surface area contributed by atoms with E-state index in [1.165, 1.54) is 24.8 Å². The van der Waals surface area contributed by atoms with E-state index in [0.717, 1.165) is 12.2 Å². The van der Waals surface area contributed by atoms with Gasteiger partial charge in [0.05, 0.1) is 6.54 Å². The molecular weight excluding hydrogens is 264 g/mol. The summed E-state index contributed by atoms with van der Waals surface area (Å²) < 4.78 is 5.61. The highest BCUT2D eigenvalue weighted by Crippen LogP contribution is 2.23. The zero-order valence-electron chi connectivity index (χ0n) is 13.0. The number of benzene rings is 1. The molecule has 1 aromatic rings. The third kappa shape index (κ3) is 5.29. The van der Waals surface area contributed by atoms with Gasteiger partial charge in [-0.2, -0.15) is 0 Å². The van der Waals surface area contributed by atoms with E-state index in [4.69, 9.17) is 4.74 Å². The van der Waals surface area contributed by atoms with Crippen LogP contribution in [0.3, 0.4) is 0 Å². The Hall–Kier alpha value is -1.71. The fourth-order valence-electron chi connectivity index (χ4n) is 2.79. The van der Waals surface area contributed by atoms with Gasteiger partial charge in [0.15, 0.2) is 0 Å². The van der Waals surface area contributed by atoms with Crippen LogP contribution >= 0.6 is 0 Å². The molecule has 116 valence electrons. The number of rotatable bonds is 5. The van der Waals surface area contributed by atoms with Crippen molar-refractivity contribution >= 4 is 6.03 Å². The van der Waals surface area contributed by atoms with Gasteiger partial charge < -0.3 is 15.4 Å². The van der Waals surface area contributed by atoms with Crippen LogP contribution in [0.4, 0.5) is 4.79 Å². The van der Waals surface area contributed by atoms with Crippen molar-refractivity contribution < 1.29 is 9.53 Å². The van der Waals surface area contributed by atoms with Crippen LogP contribution in [0, 0.1) is 12.8 Å². The van der Waals surface area contributed by atoms with Gasteiger partial charge >= 0.3 is 6.03 Å². The number of carbonyl (C=O) groups is 1. The molecule has 4 nitrogen and oxygen atoms in total. The summed E-state index contributed by atoms with van der Waals surface area (Å²) in [7, 11) is 0. The van der Waals surface area contributed by atoms with Gasteiger partial charge in [0.25, 0.3) is 0 Å². The van der Waals surface area contributed by atoms with Crippen molar-refractivity contribution in [1.82, 2.24) is 10.6 Å². The maximum absolute atomic E-state index is 11.8. The van der Waals surface area contributed by atoms with Crippen molar-refractivity contribution in [3.05, 3.63) is 29.8 Å². The number of carbonyl (C=O) groups excluding carboxylic acids is 1. The topological polar surface area (TPSA) is 50.4 Å². The van der Waals surface area contributed by atoms with Gasteiger partial charge in [-0.05, 0) is 43.4 Å². The maximum atomic E-state index is 11.8. The normalized spacial score (nSPS) is 21.6. The molecule has 2 rings (SSSR count). The first-order valence-electron chi connectivity index (χ1n) is 7.89. The lowest BCUT2D eigenvalue weighted by Crippen LogP contribution is -2.46. The lowest BCUT2D eigenvalue weighted by atomic mass is 9.86. The molecule has 2 atom stereocenters. The van der Waals surface area contributed by atoms with E-state index >= 15 is 0 Å². The van der Waals surface area contributed by atoms with Crippen molar-refractivity contribution in [2.75, 3.05) is 13.2 Å². The number of ether oxygens (including phenoxy) is 1. The predicted molar refractivity (Wildman–Crippen MR) is 84.6 cm³/mol. The van der Waals surface area contributed by atoms with Crippen LogP contribution in [0.15, 0.2) is 24.3 Å². The van der Waals surface area contributed by atoms with E-state index in [9.17, 15) is 4.79 Å². The highest BCUT2D eigenvalue weighted by atomic mass is 16.5. The van der Waals surface area contributed by atoms with E-state index in [1.54, 1.807) is 0 Å². The molecule has 0 aliphatic heterocycles. The number of nitrogens with one attached hydrogen (secondary N) is 2. The summed E-state index contributed by atoms with van der Waals surface area (Å²) in [5, 5.41) is 5.93. The van der Waals surface area contributed by atoms with Crippen LogP contribution in [-0.4, -0.2) is 25.2 Å². The SMILES string of the molecule is Cc1cccc(OCCNC(=O)N[C@H]2CCCC[C@@H]2C)c1. The molecule has 0 spiro atoms. The molecule has 2 amide bonds. The molecule has 1 saturated carbocycles. The molecule has 4 heteroatoms. The number of amides is 2. The zero-order valence-corrected chi connectivity index (χ0v) is 13.0. The highest BCUT2D eigenvalue weighted by Gasteiger charge is 2.22. The van der Waals surface area contributed by atoms with Crippen LogP contribution in [0.2, 0.25) is 0 Å². The Balaban J connectivity index is 1.63. The summed E-state index contributed by atoms with van der Waals surface area (Å²) in [6.45, 7) is 5.24. The summed E-state index contributed by atoms with van der Waals surface area (Å²) in [4.78, 5) is 11.8. The summed E-state index contributed by atoms with van der Waals surface area (Å²) in [5.41, 5.74) is 1.17. The first-order chi connectivity index (χ1) is 10.1. The first kappa shape index (κ1) is 15.7. The molecule has 1 aromatic carbocycles. The predicted octanol–water partition coefficient (Wildman–Crippen LogP) is 3.25. The van der Waals surface area contributed by atoms with Crippen molar-refractivity contribution in [2.45, 2.75) is 45.6 Å². The molecule has 1 aliphatic carbocycles. The van der Waals surface area contributed by atoms with Crippen molar-refractivity contribution in [1.29, 1.82) is 0 Å². The number of aryl methyl sites for hydroxylation is 1. The molecule has 0 saturated heterocycles. The molecule has 0 heterocycles. The van der Waals surface area contributed by atoms with Gasteiger partial charge in [-0.15, -0.1) is 0 Å². The summed E-state index contributed by atoms with van der Waals surface area (Å²) >= 11 is 0. The monoisotopic (exact) mass is 290 g/mol. The smallest absolute Gasteiger partial charge is 0.315 e. The van der Waals surface area contributed by atoms with Crippen LogP contribution in [0.5, 0.6) is 5.75 Å². The molecule has 1 aliphatic rings. The van der Waals surface area contributed by atoms with Gasteiger partial charge in [0, 0.05) is 6.04 Å². The fourth-order valence-corrected chi connectivity index (χ4v) is 2.79. The third-order valence-electron chi connectivity index (χ3n) is 4.07. The van der Waals surface area contributed by atoms with E-state index in [0.29, 0.717) is 25.1 Å². The van der Waals surface area contributed by atoms with Crippen LogP contribution in [0.25, 0.3) is 0 Å². The first-order valence-corrected chi connectivity index (χ1v) is 7.89. The van der Waals surface area contributed by atoms with Gasteiger partial charge in [-0.25, -0.2) is 4.79 Å². The largest absolute Gasteiger partial charge is 0.492 e. The van der Waals surface area contributed by atoms with E-state index in [2.05, 4.69) is 17.6 Å². The van der Waals surface area contributed by atoms with Gasteiger partial charge in [-0.1, -0.05) is 31.9 Å². The lowest BCUT2D eigenvalue weighted by Gasteiger charge is -2.29. The third-order valence-corrected chi connectivity index (χ3v) is 4.07. The van der Waals surface area contributed by atoms with Crippen LogP contribution < -0.4 is 15.4 Å². The Kier molecular flexibility index (Phi) is 5.90. The number of urea groups is 1. The molecule has 1 fully saturated rings. The van der Waals surface area contributed by atoms with Crippen LogP contribution in [-0.2, 0) is 0 Å². The van der Waals surface area contributed by atoms with Gasteiger partial charge in [-0.3, -0.25) is 0 Å². The Labute approximate surface area is 127 Å². The van der Waals surface area contributed by atoms with E-state index in [1.807, 2.05) is 31.2 Å². The van der Waals surface area contributed by atoms with Crippen molar-refractivity contribution in [3.8, 4) is 5.75 Å². The van der Waals surface area contributed by atoms with Crippen LogP contribution in [0.1, 0.15) is 38.2 Å². The second kappa shape index (κ2) is 7.91. The summed E-state index contributed by atoms with van der Waals surface area (Å²) in [6.07, 6.45) is 4.80. The lowest BCUT2D eigenvalue weighted by molar-refractivity contribution is 0.218. The summed E-state index contributed by atoms with van der Waals surface area (Å²) in [5.74, 6) is 1.42. The molecule has 0 radical (unpaired) electrons. The molecular formula is C17H26N2O2. The average molecular weight is 290 g/mol. The van der Waals surface area contributed by atoms with Crippen molar-refractivity contribution in [3.63, 3.8) is 0 Å². The Morgan fingerprint density at radius 3 is 2.90 bits per heavy atom. The molecule has 2 N–H and O–H groups in total. The second-order valence-electron chi connectivity index (χ2n) is 5.93. The van der Waals surface area contributed by atoms with Gasteiger partial charge in [0.2, 0.25) is 0 Å². The van der Waals surface area contributed by atoms with Crippen molar-refractivity contribution in [2.24, 2.45) is 5.92 Å². The molecule has 0 unspecified atom stereocenters.